The Hall–Kier alpha value is -1.71. The minimum Gasteiger partial charge on any atom is -0.490 e. The Morgan fingerprint density at radius 2 is 2.05 bits per heavy atom. The highest BCUT2D eigenvalue weighted by Gasteiger charge is 2.40. The summed E-state index contributed by atoms with van der Waals surface area (Å²) in [6.07, 6.45) is 5.51. The Morgan fingerprint density at radius 3 is 2.64 bits per heavy atom. The highest BCUT2D eigenvalue weighted by molar-refractivity contribution is 5.69. The van der Waals surface area contributed by atoms with Crippen LogP contribution in [0.2, 0.25) is 0 Å². The van der Waals surface area contributed by atoms with Crippen molar-refractivity contribution in [2.75, 3.05) is 6.54 Å². The number of carbonyl (C=O) groups excluding carboxylic acids is 1. The standard InChI is InChI=1S/C18H23NO3/c1-12-10-19(18(20)21-12)11-13-3-6-16(7-4-13)22-17-9-14-2-5-15(17)8-14/h3-4,6-7,12,14-15,17H,2,5,8-11H2,1H3/t12?,14-,15-,17+/m0/s1. The smallest absolute Gasteiger partial charge is 0.410 e. The Kier molecular flexibility index (Phi) is 3.47. The maximum Gasteiger partial charge on any atom is 0.410 e. The Morgan fingerprint density at radius 1 is 1.23 bits per heavy atom. The van der Waals surface area contributed by atoms with Crippen molar-refractivity contribution in [2.45, 2.75) is 51.4 Å². The van der Waals surface area contributed by atoms with Crippen molar-refractivity contribution in [3.05, 3.63) is 29.8 Å². The molecule has 1 aliphatic heterocycles. The number of ether oxygens (including phenoxy) is 2. The summed E-state index contributed by atoms with van der Waals surface area (Å²) in [5.41, 5.74) is 1.12. The summed E-state index contributed by atoms with van der Waals surface area (Å²) >= 11 is 0. The van der Waals surface area contributed by atoms with E-state index in [1.54, 1.807) is 4.90 Å². The molecule has 2 bridgehead atoms. The van der Waals surface area contributed by atoms with Gasteiger partial charge in [-0.3, -0.25) is 0 Å². The maximum absolute atomic E-state index is 11.6. The Balaban J connectivity index is 1.35. The summed E-state index contributed by atoms with van der Waals surface area (Å²) in [7, 11) is 0. The SMILES string of the molecule is CC1CN(Cc2ccc(O[C@@H]3C[C@H]4CC[C@H]3C4)cc2)C(=O)O1. The molecule has 4 rings (SSSR count). The zero-order valence-electron chi connectivity index (χ0n) is 13.0. The summed E-state index contributed by atoms with van der Waals surface area (Å²) in [6.45, 7) is 3.20. The molecule has 4 heteroatoms. The average Bonchev–Trinajstić information content (AvgIpc) is 3.18. The number of hydrogen-bond acceptors (Lipinski definition) is 3. The van der Waals surface area contributed by atoms with Gasteiger partial charge in [-0.05, 0) is 62.1 Å². The van der Waals surface area contributed by atoms with Gasteiger partial charge < -0.3 is 14.4 Å². The van der Waals surface area contributed by atoms with Gasteiger partial charge in [0.2, 0.25) is 0 Å². The fourth-order valence-corrected chi connectivity index (χ4v) is 4.20. The van der Waals surface area contributed by atoms with Crippen LogP contribution < -0.4 is 4.74 Å². The number of cyclic esters (lactones) is 1. The van der Waals surface area contributed by atoms with E-state index < -0.39 is 0 Å². The van der Waals surface area contributed by atoms with Crippen molar-refractivity contribution in [3.8, 4) is 5.75 Å². The second-order valence-corrected chi connectivity index (χ2v) is 7.05. The lowest BCUT2D eigenvalue weighted by Crippen LogP contribution is -2.24. The van der Waals surface area contributed by atoms with Gasteiger partial charge in [-0.1, -0.05) is 12.1 Å². The van der Waals surface area contributed by atoms with E-state index in [0.29, 0.717) is 19.2 Å². The molecule has 2 aliphatic carbocycles. The number of rotatable bonds is 4. The molecule has 0 radical (unpaired) electrons. The molecule has 1 heterocycles. The molecule has 0 aromatic heterocycles. The van der Waals surface area contributed by atoms with Crippen LogP contribution in [0, 0.1) is 11.8 Å². The molecule has 22 heavy (non-hydrogen) atoms. The zero-order chi connectivity index (χ0) is 15.1. The Bertz CT molecular complexity index is 556. The second-order valence-electron chi connectivity index (χ2n) is 7.05. The molecule has 0 spiro atoms. The third-order valence-electron chi connectivity index (χ3n) is 5.30. The molecule has 3 aliphatic rings. The average molecular weight is 301 g/mol. The van der Waals surface area contributed by atoms with Crippen LogP contribution in [0.1, 0.15) is 38.2 Å². The van der Waals surface area contributed by atoms with Crippen LogP contribution in [-0.4, -0.2) is 29.7 Å². The molecule has 1 amide bonds. The summed E-state index contributed by atoms with van der Waals surface area (Å²) < 4.78 is 11.3. The molecule has 0 N–H and O–H groups in total. The van der Waals surface area contributed by atoms with E-state index in [4.69, 9.17) is 9.47 Å². The topological polar surface area (TPSA) is 38.8 Å². The van der Waals surface area contributed by atoms with Gasteiger partial charge in [-0.15, -0.1) is 0 Å². The van der Waals surface area contributed by atoms with E-state index >= 15 is 0 Å². The van der Waals surface area contributed by atoms with Crippen molar-refractivity contribution in [3.63, 3.8) is 0 Å². The first-order valence-corrected chi connectivity index (χ1v) is 8.38. The van der Waals surface area contributed by atoms with Gasteiger partial charge in [-0.2, -0.15) is 0 Å². The number of hydrogen-bond donors (Lipinski definition) is 0. The fraction of sp³-hybridized carbons (Fsp3) is 0.611. The van der Waals surface area contributed by atoms with Crippen molar-refractivity contribution in [2.24, 2.45) is 11.8 Å². The van der Waals surface area contributed by atoms with Crippen LogP contribution in [0.15, 0.2) is 24.3 Å². The third kappa shape index (κ3) is 2.67. The zero-order valence-corrected chi connectivity index (χ0v) is 13.0. The number of nitrogens with zero attached hydrogens (tertiary/aromatic N) is 1. The fourth-order valence-electron chi connectivity index (χ4n) is 4.20. The predicted molar refractivity (Wildman–Crippen MR) is 82.7 cm³/mol. The van der Waals surface area contributed by atoms with Gasteiger partial charge in [0, 0.05) is 6.54 Å². The number of amides is 1. The van der Waals surface area contributed by atoms with Crippen LogP contribution in [-0.2, 0) is 11.3 Å². The number of carbonyl (C=O) groups is 1. The molecule has 4 nitrogen and oxygen atoms in total. The molecule has 3 fully saturated rings. The first kappa shape index (κ1) is 13.9. The van der Waals surface area contributed by atoms with Crippen LogP contribution in [0.3, 0.4) is 0 Å². The highest BCUT2D eigenvalue weighted by Crippen LogP contribution is 2.45. The molecule has 1 unspecified atom stereocenters. The van der Waals surface area contributed by atoms with E-state index in [1.807, 2.05) is 19.1 Å². The number of fused-ring (bicyclic) bond motifs is 2. The van der Waals surface area contributed by atoms with Gasteiger partial charge in [0.1, 0.15) is 18.0 Å². The summed E-state index contributed by atoms with van der Waals surface area (Å²) in [5, 5.41) is 0. The van der Waals surface area contributed by atoms with E-state index in [9.17, 15) is 4.79 Å². The second kappa shape index (κ2) is 5.49. The lowest BCUT2D eigenvalue weighted by atomic mass is 9.98. The first-order chi connectivity index (χ1) is 10.7. The van der Waals surface area contributed by atoms with Gasteiger partial charge in [0.15, 0.2) is 0 Å². The van der Waals surface area contributed by atoms with Crippen molar-refractivity contribution in [1.82, 2.24) is 4.90 Å². The molecule has 4 atom stereocenters. The van der Waals surface area contributed by atoms with E-state index in [1.165, 1.54) is 25.7 Å². The monoisotopic (exact) mass is 301 g/mol. The lowest BCUT2D eigenvalue weighted by Gasteiger charge is -2.23. The summed E-state index contributed by atoms with van der Waals surface area (Å²) in [4.78, 5) is 13.4. The molecular formula is C18H23NO3. The third-order valence-corrected chi connectivity index (χ3v) is 5.30. The van der Waals surface area contributed by atoms with Gasteiger partial charge in [0.25, 0.3) is 0 Å². The minimum absolute atomic E-state index is 0.00658. The Labute approximate surface area is 131 Å². The number of benzene rings is 1. The van der Waals surface area contributed by atoms with E-state index in [2.05, 4.69) is 12.1 Å². The van der Waals surface area contributed by atoms with Crippen LogP contribution in [0.5, 0.6) is 5.75 Å². The minimum atomic E-state index is -0.213. The van der Waals surface area contributed by atoms with Gasteiger partial charge in [0.05, 0.1) is 6.54 Å². The van der Waals surface area contributed by atoms with Crippen LogP contribution in [0.25, 0.3) is 0 Å². The van der Waals surface area contributed by atoms with E-state index in [0.717, 1.165) is 23.1 Å². The molecular weight excluding hydrogens is 278 g/mol. The van der Waals surface area contributed by atoms with Crippen molar-refractivity contribution < 1.29 is 14.3 Å². The van der Waals surface area contributed by atoms with Crippen LogP contribution in [0.4, 0.5) is 4.79 Å². The predicted octanol–water partition coefficient (Wildman–Crippen LogP) is 3.59. The quantitative estimate of drug-likeness (QED) is 0.853. The lowest BCUT2D eigenvalue weighted by molar-refractivity contribution is 0.137. The van der Waals surface area contributed by atoms with Crippen molar-refractivity contribution >= 4 is 6.09 Å². The molecule has 1 aromatic rings. The summed E-state index contributed by atoms with van der Waals surface area (Å²) in [5.74, 6) is 2.63. The van der Waals surface area contributed by atoms with Gasteiger partial charge in [-0.25, -0.2) is 4.79 Å². The normalized spacial score (nSPS) is 33.3. The molecule has 118 valence electrons. The highest BCUT2D eigenvalue weighted by atomic mass is 16.6. The van der Waals surface area contributed by atoms with Gasteiger partial charge >= 0.3 is 6.09 Å². The maximum atomic E-state index is 11.6. The first-order valence-electron chi connectivity index (χ1n) is 8.38. The summed E-state index contributed by atoms with van der Waals surface area (Å²) in [6, 6.07) is 8.18. The molecule has 1 aromatic carbocycles. The largest absolute Gasteiger partial charge is 0.490 e. The van der Waals surface area contributed by atoms with Crippen LogP contribution >= 0.6 is 0 Å². The molecule has 1 saturated heterocycles. The molecule has 2 saturated carbocycles. The van der Waals surface area contributed by atoms with Crippen molar-refractivity contribution in [1.29, 1.82) is 0 Å². The van der Waals surface area contributed by atoms with E-state index in [-0.39, 0.29) is 12.2 Å².